The molecule has 2 fully saturated rings. The molecular formula is C14H23N2O3. The Hall–Kier alpha value is -1.26. The molecule has 0 unspecified atom stereocenters. The fourth-order valence-electron chi connectivity index (χ4n) is 2.71. The summed E-state index contributed by atoms with van der Waals surface area (Å²) in [6.45, 7) is 5.20. The van der Waals surface area contributed by atoms with E-state index in [1.165, 1.54) is 0 Å². The SMILES string of the molecule is CCOC(=O)C1CCN(C(=O)N2C[CH]CCC2)CC1. The van der Waals surface area contributed by atoms with Crippen LogP contribution in [0, 0.1) is 12.3 Å². The van der Waals surface area contributed by atoms with Crippen LogP contribution in [0.1, 0.15) is 32.6 Å². The van der Waals surface area contributed by atoms with Crippen molar-refractivity contribution < 1.29 is 14.3 Å². The number of esters is 1. The molecule has 2 saturated heterocycles. The summed E-state index contributed by atoms with van der Waals surface area (Å²) in [6.07, 6.45) is 5.77. The third-order valence-electron chi connectivity index (χ3n) is 3.84. The van der Waals surface area contributed by atoms with Crippen molar-refractivity contribution in [3.05, 3.63) is 6.42 Å². The van der Waals surface area contributed by atoms with Crippen LogP contribution in [0.2, 0.25) is 0 Å². The van der Waals surface area contributed by atoms with Crippen LogP contribution in [0.5, 0.6) is 0 Å². The van der Waals surface area contributed by atoms with Crippen LogP contribution in [0.25, 0.3) is 0 Å². The third kappa shape index (κ3) is 3.61. The molecule has 0 N–H and O–H groups in total. The first-order valence-electron chi connectivity index (χ1n) is 7.24. The number of rotatable bonds is 2. The number of hydrogen-bond acceptors (Lipinski definition) is 3. The van der Waals surface area contributed by atoms with E-state index < -0.39 is 0 Å². The van der Waals surface area contributed by atoms with E-state index in [-0.39, 0.29) is 17.9 Å². The molecule has 0 aromatic rings. The van der Waals surface area contributed by atoms with Crippen LogP contribution < -0.4 is 0 Å². The molecule has 107 valence electrons. The number of nitrogens with zero attached hydrogens (tertiary/aromatic N) is 2. The van der Waals surface area contributed by atoms with E-state index >= 15 is 0 Å². The molecule has 5 nitrogen and oxygen atoms in total. The highest BCUT2D eigenvalue weighted by atomic mass is 16.5. The zero-order valence-corrected chi connectivity index (χ0v) is 11.6. The largest absolute Gasteiger partial charge is 0.466 e. The number of carbonyl (C=O) groups is 2. The van der Waals surface area contributed by atoms with Crippen molar-refractivity contribution in [1.29, 1.82) is 0 Å². The van der Waals surface area contributed by atoms with Crippen molar-refractivity contribution in [2.24, 2.45) is 5.92 Å². The highest BCUT2D eigenvalue weighted by Crippen LogP contribution is 2.20. The number of likely N-dealkylation sites (tertiary alicyclic amines) is 2. The van der Waals surface area contributed by atoms with Gasteiger partial charge in [0.15, 0.2) is 0 Å². The minimum Gasteiger partial charge on any atom is -0.466 e. The van der Waals surface area contributed by atoms with Gasteiger partial charge < -0.3 is 14.5 Å². The summed E-state index contributed by atoms with van der Waals surface area (Å²) < 4.78 is 5.04. The summed E-state index contributed by atoms with van der Waals surface area (Å²) in [5.74, 6) is -0.141. The molecule has 2 aliphatic rings. The van der Waals surface area contributed by atoms with Crippen LogP contribution in [0.4, 0.5) is 4.79 Å². The zero-order valence-electron chi connectivity index (χ0n) is 11.6. The number of ether oxygens (including phenoxy) is 1. The lowest BCUT2D eigenvalue weighted by Crippen LogP contribution is -2.49. The van der Waals surface area contributed by atoms with E-state index in [0.29, 0.717) is 19.7 Å². The molecule has 2 amide bonds. The van der Waals surface area contributed by atoms with Gasteiger partial charge in [-0.2, -0.15) is 0 Å². The second kappa shape index (κ2) is 6.78. The van der Waals surface area contributed by atoms with Crippen molar-refractivity contribution in [3.8, 4) is 0 Å². The topological polar surface area (TPSA) is 49.9 Å². The quantitative estimate of drug-likeness (QED) is 0.715. The van der Waals surface area contributed by atoms with Crippen molar-refractivity contribution >= 4 is 12.0 Å². The minimum absolute atomic E-state index is 0.0306. The fraction of sp³-hybridized carbons (Fsp3) is 0.786. The van der Waals surface area contributed by atoms with Crippen LogP contribution in [0.15, 0.2) is 0 Å². The van der Waals surface area contributed by atoms with Crippen molar-refractivity contribution in [2.75, 3.05) is 32.8 Å². The first-order valence-corrected chi connectivity index (χ1v) is 7.24. The molecule has 5 heteroatoms. The van der Waals surface area contributed by atoms with Gasteiger partial charge in [0.1, 0.15) is 0 Å². The van der Waals surface area contributed by atoms with Crippen molar-refractivity contribution in [1.82, 2.24) is 9.80 Å². The zero-order chi connectivity index (χ0) is 13.7. The summed E-state index contributed by atoms with van der Waals surface area (Å²) in [5, 5.41) is 0. The molecule has 1 radical (unpaired) electrons. The van der Waals surface area contributed by atoms with E-state index in [1.807, 2.05) is 16.7 Å². The number of amides is 2. The van der Waals surface area contributed by atoms with Gasteiger partial charge in [0.25, 0.3) is 0 Å². The van der Waals surface area contributed by atoms with Gasteiger partial charge in [0.2, 0.25) is 0 Å². The van der Waals surface area contributed by atoms with E-state index in [1.54, 1.807) is 0 Å². The summed E-state index contributed by atoms with van der Waals surface area (Å²) in [6, 6.07) is 0.123. The molecule has 0 aromatic carbocycles. The molecule has 0 saturated carbocycles. The highest BCUT2D eigenvalue weighted by molar-refractivity contribution is 5.76. The first-order chi connectivity index (χ1) is 9.22. The maximum absolute atomic E-state index is 12.3. The third-order valence-corrected chi connectivity index (χ3v) is 3.84. The average Bonchev–Trinajstić information content (AvgIpc) is 2.48. The second-order valence-electron chi connectivity index (χ2n) is 5.17. The Labute approximate surface area is 114 Å². The molecule has 2 heterocycles. The van der Waals surface area contributed by atoms with Gasteiger partial charge in [-0.25, -0.2) is 4.79 Å². The predicted molar refractivity (Wildman–Crippen MR) is 71.4 cm³/mol. The Morgan fingerprint density at radius 3 is 2.53 bits per heavy atom. The molecule has 0 aromatic heterocycles. The Morgan fingerprint density at radius 2 is 1.95 bits per heavy atom. The van der Waals surface area contributed by atoms with Crippen LogP contribution in [-0.4, -0.2) is 54.6 Å². The average molecular weight is 267 g/mol. The maximum atomic E-state index is 12.3. The summed E-state index contributed by atoms with van der Waals surface area (Å²) in [7, 11) is 0. The summed E-state index contributed by atoms with van der Waals surface area (Å²) in [4.78, 5) is 27.7. The van der Waals surface area contributed by atoms with Crippen molar-refractivity contribution in [2.45, 2.75) is 32.6 Å². The van der Waals surface area contributed by atoms with Gasteiger partial charge in [-0.1, -0.05) is 0 Å². The first kappa shape index (κ1) is 14.2. The highest BCUT2D eigenvalue weighted by Gasteiger charge is 2.30. The molecule has 2 rings (SSSR count). The molecule has 0 atom stereocenters. The number of hydrogen-bond donors (Lipinski definition) is 0. The van der Waals surface area contributed by atoms with Crippen molar-refractivity contribution in [3.63, 3.8) is 0 Å². The lowest BCUT2D eigenvalue weighted by atomic mass is 9.97. The Morgan fingerprint density at radius 1 is 1.21 bits per heavy atom. The van der Waals surface area contributed by atoms with Crippen LogP contribution >= 0.6 is 0 Å². The molecule has 0 aliphatic carbocycles. The number of piperidine rings is 2. The smallest absolute Gasteiger partial charge is 0.320 e. The van der Waals surface area contributed by atoms with Gasteiger partial charge in [-0.05, 0) is 39.0 Å². The summed E-state index contributed by atoms with van der Waals surface area (Å²) >= 11 is 0. The number of carbonyl (C=O) groups excluding carboxylic acids is 2. The van der Waals surface area contributed by atoms with Gasteiger partial charge >= 0.3 is 12.0 Å². The monoisotopic (exact) mass is 267 g/mol. The van der Waals surface area contributed by atoms with E-state index in [9.17, 15) is 9.59 Å². The molecular weight excluding hydrogens is 244 g/mol. The molecule has 2 aliphatic heterocycles. The second-order valence-corrected chi connectivity index (χ2v) is 5.17. The lowest BCUT2D eigenvalue weighted by molar-refractivity contribution is -0.149. The van der Waals surface area contributed by atoms with Crippen LogP contribution in [-0.2, 0) is 9.53 Å². The van der Waals surface area contributed by atoms with E-state index in [4.69, 9.17) is 4.74 Å². The van der Waals surface area contributed by atoms with Gasteiger partial charge in [0, 0.05) is 26.2 Å². The standard InChI is InChI=1S/C14H23N2O3/c1-2-19-13(17)12-6-10-16(11-7-12)14(18)15-8-4-3-5-9-15/h4,12H,2-3,5-11H2,1H3. The molecule has 0 spiro atoms. The van der Waals surface area contributed by atoms with Gasteiger partial charge in [-0.15, -0.1) is 0 Å². The van der Waals surface area contributed by atoms with Gasteiger partial charge in [0.05, 0.1) is 12.5 Å². The molecule has 0 bridgehead atoms. The van der Waals surface area contributed by atoms with Crippen LogP contribution in [0.3, 0.4) is 0 Å². The minimum atomic E-state index is -0.110. The Bertz CT molecular complexity index is 319. The Kier molecular flexibility index (Phi) is 5.05. The van der Waals surface area contributed by atoms with E-state index in [2.05, 4.69) is 6.42 Å². The maximum Gasteiger partial charge on any atom is 0.320 e. The van der Waals surface area contributed by atoms with E-state index in [0.717, 1.165) is 38.8 Å². The lowest BCUT2D eigenvalue weighted by Gasteiger charge is -2.36. The fourth-order valence-corrected chi connectivity index (χ4v) is 2.71. The van der Waals surface area contributed by atoms with Gasteiger partial charge in [-0.3, -0.25) is 4.79 Å². The number of urea groups is 1. The summed E-state index contributed by atoms with van der Waals surface area (Å²) in [5.41, 5.74) is 0. The normalized spacial score (nSPS) is 21.3. The Balaban J connectivity index is 1.79. The predicted octanol–water partition coefficient (Wildman–Crippen LogP) is 1.68. The molecule has 19 heavy (non-hydrogen) atoms.